The van der Waals surface area contributed by atoms with Crippen LogP contribution in [0.2, 0.25) is 5.02 Å². The van der Waals surface area contributed by atoms with E-state index in [0.29, 0.717) is 0 Å². The summed E-state index contributed by atoms with van der Waals surface area (Å²) < 4.78 is 12.6. The van der Waals surface area contributed by atoms with Gasteiger partial charge in [0.1, 0.15) is 5.82 Å². The first-order valence-electron chi connectivity index (χ1n) is 3.67. The van der Waals surface area contributed by atoms with Crippen molar-refractivity contribution in [2.24, 2.45) is 5.18 Å². The summed E-state index contributed by atoms with van der Waals surface area (Å²) in [5.74, 6) is -1.09. The van der Waals surface area contributed by atoms with Crippen molar-refractivity contribution in [3.63, 3.8) is 0 Å². The lowest BCUT2D eigenvalue weighted by molar-refractivity contribution is -0.114. The van der Waals surface area contributed by atoms with E-state index in [2.05, 4.69) is 10.5 Å². The van der Waals surface area contributed by atoms with Gasteiger partial charge in [-0.15, -0.1) is 0 Å². The number of anilines is 1. The molecular formula is C8H6ClFN2O2. The van der Waals surface area contributed by atoms with Gasteiger partial charge in [0.25, 0.3) is 0 Å². The lowest BCUT2D eigenvalue weighted by atomic mass is 10.3. The highest BCUT2D eigenvalue weighted by molar-refractivity contribution is 6.33. The smallest absolute Gasteiger partial charge is 0.249 e. The van der Waals surface area contributed by atoms with Gasteiger partial charge in [-0.25, -0.2) is 4.39 Å². The van der Waals surface area contributed by atoms with Crippen LogP contribution in [-0.4, -0.2) is 12.5 Å². The van der Waals surface area contributed by atoms with Crippen LogP contribution in [0.25, 0.3) is 0 Å². The molecule has 0 aromatic heterocycles. The van der Waals surface area contributed by atoms with Crippen molar-refractivity contribution in [1.82, 2.24) is 0 Å². The predicted molar refractivity (Wildman–Crippen MR) is 50.7 cm³/mol. The molecule has 0 aliphatic heterocycles. The number of halogens is 2. The Kier molecular flexibility index (Phi) is 3.53. The number of nitroso groups, excluding NO2 is 1. The lowest BCUT2D eigenvalue weighted by Gasteiger charge is -2.04. The van der Waals surface area contributed by atoms with E-state index in [9.17, 15) is 14.1 Å². The van der Waals surface area contributed by atoms with Gasteiger partial charge in [0.2, 0.25) is 5.91 Å². The quantitative estimate of drug-likeness (QED) is 0.788. The number of nitrogens with one attached hydrogen (secondary N) is 1. The highest BCUT2D eigenvalue weighted by Crippen LogP contribution is 2.22. The average molecular weight is 217 g/mol. The van der Waals surface area contributed by atoms with Gasteiger partial charge in [0.05, 0.1) is 10.7 Å². The SMILES string of the molecule is O=NCC(=O)Nc1ccc(F)cc1Cl. The number of carbonyl (C=O) groups is 1. The molecule has 74 valence electrons. The highest BCUT2D eigenvalue weighted by atomic mass is 35.5. The van der Waals surface area contributed by atoms with Crippen LogP contribution in [0, 0.1) is 10.7 Å². The van der Waals surface area contributed by atoms with E-state index in [4.69, 9.17) is 11.6 Å². The van der Waals surface area contributed by atoms with E-state index >= 15 is 0 Å². The Labute approximate surface area is 84.0 Å². The van der Waals surface area contributed by atoms with Crippen molar-refractivity contribution in [2.75, 3.05) is 11.9 Å². The second-order valence-electron chi connectivity index (χ2n) is 2.46. The zero-order valence-electron chi connectivity index (χ0n) is 6.96. The van der Waals surface area contributed by atoms with Crippen LogP contribution in [0.3, 0.4) is 0 Å². The summed E-state index contributed by atoms with van der Waals surface area (Å²) in [6.45, 7) is -0.492. The van der Waals surface area contributed by atoms with E-state index in [-0.39, 0.29) is 10.7 Å². The molecular weight excluding hydrogens is 211 g/mol. The number of amides is 1. The third kappa shape index (κ3) is 2.77. The van der Waals surface area contributed by atoms with Crippen LogP contribution >= 0.6 is 11.6 Å². The normalized spacial score (nSPS) is 9.57. The molecule has 0 bridgehead atoms. The van der Waals surface area contributed by atoms with Crippen LogP contribution in [0.15, 0.2) is 23.4 Å². The molecule has 14 heavy (non-hydrogen) atoms. The Bertz CT molecular complexity index is 370. The van der Waals surface area contributed by atoms with Crippen LogP contribution in [0.4, 0.5) is 10.1 Å². The molecule has 0 saturated heterocycles. The van der Waals surface area contributed by atoms with Gasteiger partial charge in [-0.3, -0.25) is 4.79 Å². The molecule has 0 spiro atoms. The zero-order valence-corrected chi connectivity index (χ0v) is 7.71. The number of nitrogens with zero attached hydrogens (tertiary/aromatic N) is 1. The van der Waals surface area contributed by atoms with Gasteiger partial charge in [-0.2, -0.15) is 4.91 Å². The van der Waals surface area contributed by atoms with E-state index in [1.807, 2.05) is 0 Å². The topological polar surface area (TPSA) is 58.5 Å². The monoisotopic (exact) mass is 216 g/mol. The first kappa shape index (κ1) is 10.6. The summed E-state index contributed by atoms with van der Waals surface area (Å²) in [4.78, 5) is 20.6. The Morgan fingerprint density at radius 1 is 1.57 bits per heavy atom. The van der Waals surface area contributed by atoms with E-state index in [0.717, 1.165) is 12.1 Å². The minimum atomic E-state index is -0.589. The van der Waals surface area contributed by atoms with Gasteiger partial charge in [0, 0.05) is 0 Å². The van der Waals surface area contributed by atoms with Crippen molar-refractivity contribution < 1.29 is 9.18 Å². The largest absolute Gasteiger partial charge is 0.323 e. The maximum absolute atomic E-state index is 12.6. The molecule has 4 nitrogen and oxygen atoms in total. The number of hydrogen-bond acceptors (Lipinski definition) is 3. The third-order valence-electron chi connectivity index (χ3n) is 1.41. The third-order valence-corrected chi connectivity index (χ3v) is 1.73. The maximum Gasteiger partial charge on any atom is 0.249 e. The van der Waals surface area contributed by atoms with Crippen molar-refractivity contribution in [3.05, 3.63) is 33.9 Å². The van der Waals surface area contributed by atoms with E-state index in [1.54, 1.807) is 0 Å². The van der Waals surface area contributed by atoms with Gasteiger partial charge in [-0.05, 0) is 18.2 Å². The fraction of sp³-hybridized carbons (Fsp3) is 0.125. The Morgan fingerprint density at radius 3 is 2.86 bits per heavy atom. The van der Waals surface area contributed by atoms with E-state index < -0.39 is 18.3 Å². The minimum absolute atomic E-state index is 0.0734. The molecule has 0 atom stereocenters. The molecule has 1 amide bonds. The molecule has 6 heteroatoms. The van der Waals surface area contributed by atoms with Gasteiger partial charge in [-0.1, -0.05) is 16.8 Å². The number of hydrogen-bond donors (Lipinski definition) is 1. The van der Waals surface area contributed by atoms with E-state index in [1.165, 1.54) is 6.07 Å². The highest BCUT2D eigenvalue weighted by Gasteiger charge is 2.06. The first-order chi connectivity index (χ1) is 6.63. The summed E-state index contributed by atoms with van der Waals surface area (Å²) >= 11 is 5.61. The zero-order chi connectivity index (χ0) is 10.6. The predicted octanol–water partition coefficient (Wildman–Crippen LogP) is 2.18. The van der Waals surface area contributed by atoms with Crippen molar-refractivity contribution >= 4 is 23.2 Å². The van der Waals surface area contributed by atoms with Crippen LogP contribution in [0.1, 0.15) is 0 Å². The first-order valence-corrected chi connectivity index (χ1v) is 4.05. The molecule has 0 aliphatic rings. The second-order valence-corrected chi connectivity index (χ2v) is 2.87. The fourth-order valence-electron chi connectivity index (χ4n) is 0.839. The summed E-state index contributed by atoms with van der Waals surface area (Å²) in [6.07, 6.45) is 0. The molecule has 1 aromatic rings. The molecule has 0 aliphatic carbocycles. The molecule has 0 fully saturated rings. The molecule has 0 heterocycles. The number of benzene rings is 1. The molecule has 0 saturated carbocycles. The van der Waals surface area contributed by atoms with Crippen molar-refractivity contribution in [2.45, 2.75) is 0 Å². The summed E-state index contributed by atoms with van der Waals surface area (Å²) in [5, 5.41) is 4.78. The molecule has 1 aromatic carbocycles. The van der Waals surface area contributed by atoms with Crippen molar-refractivity contribution in [3.8, 4) is 0 Å². The van der Waals surface area contributed by atoms with Gasteiger partial charge < -0.3 is 5.32 Å². The molecule has 1 N–H and O–H groups in total. The Morgan fingerprint density at radius 2 is 2.29 bits per heavy atom. The molecule has 0 radical (unpaired) electrons. The second kappa shape index (κ2) is 4.66. The summed E-state index contributed by atoms with van der Waals surface area (Å²) in [7, 11) is 0. The van der Waals surface area contributed by atoms with Crippen molar-refractivity contribution in [1.29, 1.82) is 0 Å². The Hall–Kier alpha value is -1.49. The standard InChI is InChI=1S/C8H6ClFN2O2/c9-6-3-5(10)1-2-7(6)12-8(13)4-11-14/h1-3H,4H2,(H,12,13). The van der Waals surface area contributed by atoms with Gasteiger partial charge >= 0.3 is 0 Å². The summed E-state index contributed by atoms with van der Waals surface area (Å²) in [5.41, 5.74) is 0.252. The number of rotatable bonds is 3. The van der Waals surface area contributed by atoms with Crippen LogP contribution in [-0.2, 0) is 4.79 Å². The minimum Gasteiger partial charge on any atom is -0.323 e. The summed E-state index contributed by atoms with van der Waals surface area (Å²) in [6, 6.07) is 3.52. The van der Waals surface area contributed by atoms with Crippen LogP contribution < -0.4 is 5.32 Å². The average Bonchev–Trinajstić information content (AvgIpc) is 2.10. The maximum atomic E-state index is 12.6. The fourth-order valence-corrected chi connectivity index (χ4v) is 1.05. The van der Waals surface area contributed by atoms with Crippen LogP contribution in [0.5, 0.6) is 0 Å². The molecule has 1 rings (SSSR count). The molecule has 0 unspecified atom stereocenters. The Balaban J connectivity index is 2.76. The number of carbonyl (C=O) groups excluding carboxylic acids is 1. The lowest BCUT2D eigenvalue weighted by Crippen LogP contribution is -2.14. The van der Waals surface area contributed by atoms with Gasteiger partial charge in [0.15, 0.2) is 6.54 Å².